The molecule has 0 radical (unpaired) electrons. The molecule has 3 heterocycles. The molecule has 0 fully saturated rings. The molecule has 0 saturated heterocycles. The number of ether oxygens (including phenoxy) is 1. The van der Waals surface area contributed by atoms with E-state index in [1.807, 2.05) is 0 Å². The summed E-state index contributed by atoms with van der Waals surface area (Å²) in [6.07, 6.45) is 3.03. The van der Waals surface area contributed by atoms with Crippen LogP contribution in [0.15, 0.2) is 71.9 Å². The number of nitro groups is 1. The van der Waals surface area contributed by atoms with Gasteiger partial charge in [-0.25, -0.2) is 4.98 Å². The molecular weight excluding hydrogens is 466 g/mol. The van der Waals surface area contributed by atoms with Crippen molar-refractivity contribution < 1.29 is 22.3 Å². The highest BCUT2D eigenvalue weighted by Gasteiger charge is 2.17. The Morgan fingerprint density at radius 1 is 0.824 bits per heavy atom. The lowest BCUT2D eigenvalue weighted by atomic mass is 10.3. The number of rotatable bonds is 9. The minimum Gasteiger partial charge on any atom is -0.490 e. The summed E-state index contributed by atoms with van der Waals surface area (Å²) in [5.74, 6) is 0.864. The topological polar surface area (TPSA) is 173 Å². The summed E-state index contributed by atoms with van der Waals surface area (Å²) in [5.41, 5.74) is 0.736. The molecule has 0 bridgehead atoms. The molecule has 4 rings (SSSR count). The van der Waals surface area contributed by atoms with E-state index in [4.69, 9.17) is 8.92 Å². The summed E-state index contributed by atoms with van der Waals surface area (Å²) in [5, 5.41) is 26.7. The second-order valence-electron chi connectivity index (χ2n) is 6.52. The molecule has 3 aromatic heterocycles. The largest absolute Gasteiger partial charge is 0.490 e. The molecule has 0 saturated carbocycles. The van der Waals surface area contributed by atoms with Gasteiger partial charge in [-0.1, -0.05) is 6.07 Å². The van der Waals surface area contributed by atoms with Crippen molar-refractivity contribution in [3.8, 4) is 28.8 Å². The number of nitro benzene ring substituents is 1. The van der Waals surface area contributed by atoms with E-state index in [1.165, 1.54) is 6.20 Å². The third-order valence-corrected chi connectivity index (χ3v) is 5.59. The van der Waals surface area contributed by atoms with Crippen LogP contribution in [0.1, 0.15) is 0 Å². The molecule has 0 aliphatic carbocycles. The van der Waals surface area contributed by atoms with Crippen molar-refractivity contribution in [1.29, 1.82) is 0 Å². The van der Waals surface area contributed by atoms with Gasteiger partial charge in [0.25, 0.3) is 15.8 Å². The summed E-state index contributed by atoms with van der Waals surface area (Å²) in [6.45, 7) is -0.349. The van der Waals surface area contributed by atoms with Gasteiger partial charge in [-0.05, 0) is 36.4 Å². The fraction of sp³-hybridized carbons (Fsp3) is 0.100. The predicted octanol–water partition coefficient (Wildman–Crippen LogP) is 2.08. The zero-order valence-electron chi connectivity index (χ0n) is 17.3. The van der Waals surface area contributed by atoms with E-state index in [9.17, 15) is 18.5 Å². The number of aromatic nitrogens is 6. The molecule has 0 unspecified atom stereocenters. The maximum Gasteiger partial charge on any atom is 0.297 e. The Bertz CT molecular complexity index is 1370. The van der Waals surface area contributed by atoms with E-state index in [0.29, 0.717) is 17.1 Å². The highest BCUT2D eigenvalue weighted by molar-refractivity contribution is 7.86. The Labute approximate surface area is 192 Å². The van der Waals surface area contributed by atoms with Crippen LogP contribution < -0.4 is 4.74 Å². The lowest BCUT2D eigenvalue weighted by Gasteiger charge is -2.08. The van der Waals surface area contributed by atoms with Gasteiger partial charge in [0.2, 0.25) is 11.6 Å². The second-order valence-corrected chi connectivity index (χ2v) is 8.13. The van der Waals surface area contributed by atoms with Crippen LogP contribution in [-0.2, 0) is 14.3 Å². The lowest BCUT2D eigenvalue weighted by Crippen LogP contribution is -2.13. The summed E-state index contributed by atoms with van der Waals surface area (Å²) >= 11 is 0. The van der Waals surface area contributed by atoms with Crippen LogP contribution in [0.2, 0.25) is 0 Å². The lowest BCUT2D eigenvalue weighted by molar-refractivity contribution is -0.384. The summed E-state index contributed by atoms with van der Waals surface area (Å²) in [4.78, 5) is 18.2. The fourth-order valence-corrected chi connectivity index (χ4v) is 3.53. The average molecular weight is 481 g/mol. The maximum absolute atomic E-state index is 12.2. The van der Waals surface area contributed by atoms with Crippen LogP contribution in [0.4, 0.5) is 5.69 Å². The van der Waals surface area contributed by atoms with Gasteiger partial charge in [0.1, 0.15) is 30.4 Å². The van der Waals surface area contributed by atoms with E-state index < -0.39 is 15.0 Å². The maximum atomic E-state index is 12.2. The van der Waals surface area contributed by atoms with Crippen molar-refractivity contribution >= 4 is 15.8 Å². The van der Waals surface area contributed by atoms with Crippen LogP contribution >= 0.6 is 0 Å². The third kappa shape index (κ3) is 5.48. The molecule has 0 atom stereocenters. The van der Waals surface area contributed by atoms with Crippen molar-refractivity contribution in [3.05, 3.63) is 77.1 Å². The molecule has 0 spiro atoms. The van der Waals surface area contributed by atoms with Crippen LogP contribution in [0.3, 0.4) is 0 Å². The number of pyridine rings is 2. The van der Waals surface area contributed by atoms with Gasteiger partial charge in [0.05, 0.1) is 16.0 Å². The van der Waals surface area contributed by atoms with Gasteiger partial charge in [-0.15, -0.1) is 20.4 Å². The highest BCUT2D eigenvalue weighted by Crippen LogP contribution is 2.19. The smallest absolute Gasteiger partial charge is 0.297 e. The molecule has 0 N–H and O–H groups in total. The van der Waals surface area contributed by atoms with Crippen LogP contribution in [0.5, 0.6) is 5.75 Å². The molecule has 172 valence electrons. The van der Waals surface area contributed by atoms with Crippen molar-refractivity contribution in [1.82, 2.24) is 30.4 Å². The predicted molar refractivity (Wildman–Crippen MR) is 116 cm³/mol. The minimum atomic E-state index is -4.08. The molecule has 0 aliphatic rings. The molecular formula is C20H15N7O6S. The van der Waals surface area contributed by atoms with Gasteiger partial charge in [0, 0.05) is 18.3 Å². The van der Waals surface area contributed by atoms with E-state index in [-0.39, 0.29) is 35.4 Å². The summed E-state index contributed by atoms with van der Waals surface area (Å²) in [7, 11) is -4.08. The van der Waals surface area contributed by atoms with Crippen molar-refractivity contribution in [2.24, 2.45) is 0 Å². The van der Waals surface area contributed by atoms with Gasteiger partial charge >= 0.3 is 0 Å². The van der Waals surface area contributed by atoms with Crippen LogP contribution in [0, 0.1) is 10.1 Å². The van der Waals surface area contributed by atoms with Gasteiger partial charge in [-0.3, -0.25) is 19.3 Å². The second kappa shape index (κ2) is 10.0. The first kappa shape index (κ1) is 22.8. The standard InChI is InChI=1S/C20H15N7O6S/c28-27(29)14-4-7-16(8-5-14)34(30,31)33-12-11-32-15-6-9-18(22-13-15)20-25-23-19(24-26-20)17-3-1-2-10-21-17/h1-10,13H,11-12H2. The van der Waals surface area contributed by atoms with Crippen molar-refractivity contribution in [3.63, 3.8) is 0 Å². The molecule has 4 aromatic rings. The number of hydrogen-bond acceptors (Lipinski definition) is 12. The highest BCUT2D eigenvalue weighted by atomic mass is 32.2. The Balaban J connectivity index is 1.30. The molecule has 1 aromatic carbocycles. The number of nitrogens with zero attached hydrogens (tertiary/aromatic N) is 7. The van der Waals surface area contributed by atoms with Gasteiger partial charge in [0.15, 0.2) is 0 Å². The SMILES string of the molecule is O=[N+]([O-])c1ccc(S(=O)(=O)OCCOc2ccc(-c3nnc(-c4ccccn4)nn3)nc2)cc1. The Morgan fingerprint density at radius 2 is 1.50 bits per heavy atom. The van der Waals surface area contributed by atoms with Crippen molar-refractivity contribution in [2.45, 2.75) is 4.90 Å². The number of benzene rings is 1. The molecule has 13 nitrogen and oxygen atoms in total. The van der Waals surface area contributed by atoms with Crippen LogP contribution in [0.25, 0.3) is 23.0 Å². The van der Waals surface area contributed by atoms with Crippen molar-refractivity contribution in [2.75, 3.05) is 13.2 Å². The minimum absolute atomic E-state index is 0.0778. The normalized spacial score (nSPS) is 11.2. The monoisotopic (exact) mass is 481 g/mol. The van der Waals surface area contributed by atoms with E-state index in [2.05, 4.69) is 30.4 Å². The number of hydrogen-bond donors (Lipinski definition) is 0. The molecule has 0 amide bonds. The van der Waals surface area contributed by atoms with Gasteiger partial charge in [-0.2, -0.15) is 8.42 Å². The first-order valence-electron chi connectivity index (χ1n) is 9.64. The van der Waals surface area contributed by atoms with Gasteiger partial charge < -0.3 is 4.74 Å². The Hall–Kier alpha value is -4.43. The summed E-state index contributed by atoms with van der Waals surface area (Å²) < 4.78 is 34.6. The first-order chi connectivity index (χ1) is 16.4. The van der Waals surface area contributed by atoms with E-state index >= 15 is 0 Å². The molecule has 14 heteroatoms. The zero-order valence-corrected chi connectivity index (χ0v) is 18.1. The average Bonchev–Trinajstić information content (AvgIpc) is 2.88. The number of non-ortho nitro benzene ring substituents is 1. The third-order valence-electron chi connectivity index (χ3n) is 4.27. The van der Waals surface area contributed by atoms with Crippen LogP contribution in [-0.4, -0.2) is 56.9 Å². The van der Waals surface area contributed by atoms with E-state index in [1.54, 1.807) is 36.5 Å². The first-order valence-corrected chi connectivity index (χ1v) is 11.1. The van der Waals surface area contributed by atoms with E-state index in [0.717, 1.165) is 24.3 Å². The summed E-state index contributed by atoms with van der Waals surface area (Å²) in [6, 6.07) is 12.9. The Morgan fingerprint density at radius 3 is 2.06 bits per heavy atom. The fourth-order valence-electron chi connectivity index (χ4n) is 2.63. The zero-order chi connectivity index (χ0) is 24.0. The quantitative estimate of drug-likeness (QED) is 0.148. The Kier molecular flexibility index (Phi) is 6.70. The molecule has 0 aliphatic heterocycles. The molecule has 34 heavy (non-hydrogen) atoms.